The van der Waals surface area contributed by atoms with Crippen LogP contribution in [-0.2, 0) is 14.3 Å². The second-order valence-corrected chi connectivity index (χ2v) is 5.42. The first-order valence-corrected chi connectivity index (χ1v) is 7.56. The van der Waals surface area contributed by atoms with Crippen LogP contribution in [0.3, 0.4) is 0 Å². The van der Waals surface area contributed by atoms with E-state index in [0.717, 1.165) is 25.9 Å². The van der Waals surface area contributed by atoms with E-state index in [2.05, 4.69) is 20.8 Å². The van der Waals surface area contributed by atoms with Crippen LogP contribution in [0, 0.1) is 0 Å². The van der Waals surface area contributed by atoms with Crippen LogP contribution in [0.5, 0.6) is 0 Å². The molecule has 8 heteroatoms. The number of carbonyl (C=O) groups excluding carboxylic acids is 2. The summed E-state index contributed by atoms with van der Waals surface area (Å²) < 4.78 is 5.52. The summed E-state index contributed by atoms with van der Waals surface area (Å²) in [7, 11) is 0. The van der Waals surface area contributed by atoms with Gasteiger partial charge in [-0.2, -0.15) is 0 Å². The Kier molecular flexibility index (Phi) is 5.87. The van der Waals surface area contributed by atoms with Crippen molar-refractivity contribution in [2.75, 3.05) is 18.5 Å². The number of aromatic nitrogens is 2. The molecule has 2 rings (SSSR count). The van der Waals surface area contributed by atoms with Gasteiger partial charge in [-0.15, -0.1) is 10.2 Å². The van der Waals surface area contributed by atoms with Crippen molar-refractivity contribution in [3.63, 3.8) is 0 Å². The van der Waals surface area contributed by atoms with Gasteiger partial charge >= 0.3 is 0 Å². The van der Waals surface area contributed by atoms with Crippen molar-refractivity contribution < 1.29 is 14.3 Å². The molecule has 0 radical (unpaired) electrons. The monoisotopic (exact) mass is 298 g/mol. The molecule has 1 unspecified atom stereocenters. The van der Waals surface area contributed by atoms with Gasteiger partial charge in [-0.05, 0) is 19.3 Å². The highest BCUT2D eigenvalue weighted by Crippen LogP contribution is 2.12. The highest BCUT2D eigenvalue weighted by atomic mass is 32.1. The summed E-state index contributed by atoms with van der Waals surface area (Å²) in [5.74, 6) is -0.364. The molecular weight excluding hydrogens is 280 g/mol. The fourth-order valence-corrected chi connectivity index (χ4v) is 2.38. The van der Waals surface area contributed by atoms with Gasteiger partial charge in [0.1, 0.15) is 5.51 Å². The Morgan fingerprint density at radius 3 is 2.90 bits per heavy atom. The van der Waals surface area contributed by atoms with Crippen LogP contribution in [0.4, 0.5) is 5.13 Å². The van der Waals surface area contributed by atoms with Crippen LogP contribution in [0.2, 0.25) is 0 Å². The number of ether oxygens (including phenoxy) is 1. The van der Waals surface area contributed by atoms with Gasteiger partial charge in [0.05, 0.1) is 6.10 Å². The van der Waals surface area contributed by atoms with Gasteiger partial charge in [0.25, 0.3) is 0 Å². The lowest BCUT2D eigenvalue weighted by Gasteiger charge is -2.22. The van der Waals surface area contributed by atoms with Gasteiger partial charge < -0.3 is 15.4 Å². The molecule has 0 spiro atoms. The highest BCUT2D eigenvalue weighted by molar-refractivity contribution is 7.13. The molecule has 0 aliphatic carbocycles. The third-order valence-electron chi connectivity index (χ3n) is 2.99. The Bertz CT molecular complexity index is 432. The highest BCUT2D eigenvalue weighted by Gasteiger charge is 2.15. The number of rotatable bonds is 6. The first-order valence-electron chi connectivity index (χ1n) is 6.68. The van der Waals surface area contributed by atoms with Crippen molar-refractivity contribution in [2.45, 2.75) is 38.2 Å². The smallest absolute Gasteiger partial charge is 0.226 e. The molecule has 1 aromatic rings. The molecule has 2 N–H and O–H groups in total. The van der Waals surface area contributed by atoms with Crippen molar-refractivity contribution in [3.05, 3.63) is 5.51 Å². The van der Waals surface area contributed by atoms with Crippen molar-refractivity contribution in [1.82, 2.24) is 15.5 Å². The van der Waals surface area contributed by atoms with E-state index < -0.39 is 0 Å². The standard InChI is InChI=1S/C12H18N4O3S/c17-10(13-7-9-3-1-2-6-19-9)4-5-11(18)15-12-16-14-8-20-12/h8-9H,1-7H2,(H,13,17)(H,15,16,18). The lowest BCUT2D eigenvalue weighted by Crippen LogP contribution is -2.35. The molecule has 2 amide bonds. The quantitative estimate of drug-likeness (QED) is 0.815. The minimum absolute atomic E-state index is 0.114. The molecule has 1 saturated heterocycles. The third-order valence-corrected chi connectivity index (χ3v) is 3.59. The Morgan fingerprint density at radius 2 is 2.20 bits per heavy atom. The number of hydrogen-bond donors (Lipinski definition) is 2. The van der Waals surface area contributed by atoms with Crippen molar-refractivity contribution >= 4 is 28.3 Å². The molecule has 7 nitrogen and oxygen atoms in total. The maximum Gasteiger partial charge on any atom is 0.226 e. The number of amides is 2. The zero-order chi connectivity index (χ0) is 14.2. The van der Waals surface area contributed by atoms with Crippen LogP contribution in [-0.4, -0.2) is 41.3 Å². The number of carbonyl (C=O) groups is 2. The molecule has 110 valence electrons. The fourth-order valence-electron chi connectivity index (χ4n) is 1.92. The van der Waals surface area contributed by atoms with Gasteiger partial charge in [0.15, 0.2) is 0 Å². The molecule has 1 aliphatic heterocycles. The van der Waals surface area contributed by atoms with E-state index in [4.69, 9.17) is 4.74 Å². The van der Waals surface area contributed by atoms with Crippen LogP contribution in [0.1, 0.15) is 32.1 Å². The Balaban J connectivity index is 1.58. The van der Waals surface area contributed by atoms with Crippen molar-refractivity contribution in [3.8, 4) is 0 Å². The Hall–Kier alpha value is -1.54. The molecule has 0 aromatic carbocycles. The van der Waals surface area contributed by atoms with E-state index in [9.17, 15) is 9.59 Å². The van der Waals surface area contributed by atoms with Crippen molar-refractivity contribution in [1.29, 1.82) is 0 Å². The van der Waals surface area contributed by atoms with E-state index in [0.29, 0.717) is 11.7 Å². The van der Waals surface area contributed by atoms with Gasteiger partial charge in [-0.25, -0.2) is 0 Å². The third kappa shape index (κ3) is 5.22. The van der Waals surface area contributed by atoms with E-state index in [1.807, 2.05) is 0 Å². The first-order chi connectivity index (χ1) is 9.74. The Labute approximate surface area is 121 Å². The zero-order valence-corrected chi connectivity index (χ0v) is 11.9. The summed E-state index contributed by atoms with van der Waals surface area (Å²) in [6.07, 6.45) is 3.63. The van der Waals surface area contributed by atoms with Gasteiger partial charge in [-0.3, -0.25) is 9.59 Å². The largest absolute Gasteiger partial charge is 0.376 e. The van der Waals surface area contributed by atoms with Crippen LogP contribution in [0.15, 0.2) is 5.51 Å². The molecular formula is C12H18N4O3S. The van der Waals surface area contributed by atoms with Crippen LogP contribution >= 0.6 is 11.3 Å². The van der Waals surface area contributed by atoms with Gasteiger partial charge in [-0.1, -0.05) is 11.3 Å². The summed E-state index contributed by atoms with van der Waals surface area (Å²) in [6.45, 7) is 1.29. The molecule has 1 atom stereocenters. The van der Waals surface area contributed by atoms with Gasteiger partial charge in [0, 0.05) is 26.0 Å². The summed E-state index contributed by atoms with van der Waals surface area (Å²) in [4.78, 5) is 23.2. The van der Waals surface area contributed by atoms with E-state index >= 15 is 0 Å². The predicted octanol–water partition coefficient (Wildman–Crippen LogP) is 0.942. The second-order valence-electron chi connectivity index (χ2n) is 4.58. The molecule has 1 fully saturated rings. The number of nitrogens with one attached hydrogen (secondary N) is 2. The lowest BCUT2D eigenvalue weighted by atomic mass is 10.1. The molecule has 2 heterocycles. The average molecular weight is 298 g/mol. The van der Waals surface area contributed by atoms with E-state index in [1.54, 1.807) is 0 Å². The van der Waals surface area contributed by atoms with Gasteiger partial charge in [0.2, 0.25) is 16.9 Å². The summed E-state index contributed by atoms with van der Waals surface area (Å²) in [5.41, 5.74) is 1.53. The molecule has 0 saturated carbocycles. The minimum Gasteiger partial charge on any atom is -0.376 e. The van der Waals surface area contributed by atoms with Crippen molar-refractivity contribution in [2.24, 2.45) is 0 Å². The molecule has 0 bridgehead atoms. The second kappa shape index (κ2) is 7.91. The maximum atomic E-state index is 11.6. The molecule has 1 aliphatic rings. The zero-order valence-electron chi connectivity index (χ0n) is 11.1. The maximum absolute atomic E-state index is 11.6. The van der Waals surface area contributed by atoms with E-state index in [-0.39, 0.29) is 30.8 Å². The van der Waals surface area contributed by atoms with Crippen LogP contribution < -0.4 is 10.6 Å². The fraction of sp³-hybridized carbons (Fsp3) is 0.667. The normalized spacial score (nSPS) is 18.5. The first kappa shape index (κ1) is 14.9. The minimum atomic E-state index is -0.231. The van der Waals surface area contributed by atoms with E-state index in [1.165, 1.54) is 16.8 Å². The predicted molar refractivity (Wildman–Crippen MR) is 74.4 cm³/mol. The topological polar surface area (TPSA) is 93.2 Å². The SMILES string of the molecule is O=C(CCC(=O)Nc1nncs1)NCC1CCCCO1. The average Bonchev–Trinajstić information content (AvgIpc) is 2.97. The lowest BCUT2D eigenvalue weighted by molar-refractivity contribution is -0.125. The molecule has 20 heavy (non-hydrogen) atoms. The number of nitrogens with zero attached hydrogens (tertiary/aromatic N) is 2. The Morgan fingerprint density at radius 1 is 1.35 bits per heavy atom. The number of anilines is 1. The number of hydrogen-bond acceptors (Lipinski definition) is 6. The van der Waals surface area contributed by atoms with Crippen LogP contribution in [0.25, 0.3) is 0 Å². The summed E-state index contributed by atoms with van der Waals surface area (Å²) in [6, 6.07) is 0. The summed E-state index contributed by atoms with van der Waals surface area (Å²) in [5, 5.41) is 13.1. The summed E-state index contributed by atoms with van der Waals surface area (Å²) >= 11 is 1.24. The molecule has 1 aromatic heterocycles.